The van der Waals surface area contributed by atoms with Crippen LogP contribution in [0, 0.1) is 5.92 Å². The molecule has 1 aliphatic carbocycles. The minimum absolute atomic E-state index is 0.356. The van der Waals surface area contributed by atoms with Gasteiger partial charge in [-0.25, -0.2) is 8.78 Å². The number of nitrogens with one attached hydrogen (secondary N) is 1. The molecule has 0 amide bonds. The molecule has 4 heteroatoms. The van der Waals surface area contributed by atoms with E-state index in [0.29, 0.717) is 17.7 Å². The second kappa shape index (κ2) is 6.53. The van der Waals surface area contributed by atoms with Gasteiger partial charge in [0.05, 0.1) is 0 Å². The lowest BCUT2D eigenvalue weighted by Crippen LogP contribution is -2.35. The molecule has 0 spiro atoms. The van der Waals surface area contributed by atoms with Gasteiger partial charge in [-0.1, -0.05) is 25.3 Å². The number of halogens is 2. The maximum Gasteiger partial charge on any atom is 0.278 e. The molecule has 1 aromatic carbocycles. The number of alkyl halides is 2. The maximum atomic E-state index is 13.0. The highest BCUT2D eigenvalue weighted by Gasteiger charge is 2.29. The highest BCUT2D eigenvalue weighted by atomic mass is 19.3. The largest absolute Gasteiger partial charge is 0.487 e. The first-order chi connectivity index (χ1) is 10.5. The number of fused-ring (bicyclic) bond motifs is 1. The third kappa shape index (κ3) is 3.78. The van der Waals surface area contributed by atoms with Crippen LogP contribution < -0.4 is 10.1 Å². The van der Waals surface area contributed by atoms with Crippen LogP contribution in [0.1, 0.15) is 56.2 Å². The average Bonchev–Trinajstić information content (AvgIpc) is 2.52. The molecule has 1 fully saturated rings. The highest BCUT2D eigenvalue weighted by Crippen LogP contribution is 2.38. The maximum absolute atomic E-state index is 13.0. The number of benzene rings is 1. The van der Waals surface area contributed by atoms with Gasteiger partial charge in [0, 0.05) is 13.0 Å². The number of ether oxygens (including phenoxy) is 1. The fourth-order valence-corrected chi connectivity index (χ4v) is 3.75. The van der Waals surface area contributed by atoms with Crippen LogP contribution in [0.3, 0.4) is 0 Å². The van der Waals surface area contributed by atoms with Gasteiger partial charge >= 0.3 is 0 Å². The van der Waals surface area contributed by atoms with Crippen molar-refractivity contribution >= 4 is 0 Å². The van der Waals surface area contributed by atoms with Crippen LogP contribution in [-0.4, -0.2) is 19.1 Å². The minimum atomic E-state index is -2.79. The Morgan fingerprint density at radius 2 is 2.00 bits per heavy atom. The summed E-state index contributed by atoms with van der Waals surface area (Å²) in [5.41, 5.74) is 2.60. The van der Waals surface area contributed by atoms with Gasteiger partial charge in [0.2, 0.25) is 0 Å². The molecule has 0 saturated heterocycles. The van der Waals surface area contributed by atoms with Crippen molar-refractivity contribution < 1.29 is 13.5 Å². The Morgan fingerprint density at radius 3 is 2.73 bits per heavy atom. The highest BCUT2D eigenvalue weighted by molar-refractivity contribution is 5.39. The topological polar surface area (TPSA) is 21.3 Å². The fraction of sp³-hybridized carbons (Fsp3) is 0.667. The van der Waals surface area contributed by atoms with Crippen LogP contribution in [-0.2, 0) is 6.42 Å². The molecule has 0 bridgehead atoms. The average molecular weight is 309 g/mol. The molecule has 1 heterocycles. The molecular weight excluding hydrogens is 284 g/mol. The van der Waals surface area contributed by atoms with Crippen molar-refractivity contribution in [1.29, 1.82) is 0 Å². The summed E-state index contributed by atoms with van der Waals surface area (Å²) in [7, 11) is 0. The molecule has 0 radical (unpaired) electrons. The van der Waals surface area contributed by atoms with Crippen LogP contribution in [0.4, 0.5) is 8.78 Å². The van der Waals surface area contributed by atoms with Crippen LogP contribution in [0.25, 0.3) is 0 Å². The van der Waals surface area contributed by atoms with Crippen molar-refractivity contribution in [3.8, 4) is 5.75 Å². The Labute approximate surface area is 131 Å². The summed E-state index contributed by atoms with van der Waals surface area (Å²) in [6, 6.07) is 6.21. The standard InChI is InChI=1S/C18H25F2NO/c1-18(19,20)12-22-15-8-7-13-9-10-21-17(16(13)11-15)14-5-3-2-4-6-14/h7-8,11,14,17,21H,2-6,9-10,12H2,1H3. The van der Waals surface area contributed by atoms with Crippen molar-refractivity contribution in [1.82, 2.24) is 5.32 Å². The van der Waals surface area contributed by atoms with Crippen LogP contribution in [0.15, 0.2) is 18.2 Å². The molecule has 1 aromatic rings. The Balaban J connectivity index is 1.78. The third-order valence-corrected chi connectivity index (χ3v) is 4.82. The first-order valence-electron chi connectivity index (χ1n) is 8.40. The van der Waals surface area contributed by atoms with Crippen molar-refractivity contribution in [2.45, 2.75) is 57.4 Å². The zero-order valence-electron chi connectivity index (χ0n) is 13.2. The minimum Gasteiger partial charge on any atom is -0.487 e. The lowest BCUT2D eigenvalue weighted by molar-refractivity contribution is -0.0230. The molecule has 1 unspecified atom stereocenters. The molecule has 122 valence electrons. The Bertz CT molecular complexity index is 506. The van der Waals surface area contributed by atoms with Gasteiger partial charge in [-0.2, -0.15) is 0 Å². The summed E-state index contributed by atoms with van der Waals surface area (Å²) >= 11 is 0. The van der Waals surface area contributed by atoms with E-state index in [9.17, 15) is 8.78 Å². The quantitative estimate of drug-likeness (QED) is 0.885. The third-order valence-electron chi connectivity index (χ3n) is 4.82. The molecule has 1 saturated carbocycles. The predicted octanol–water partition coefficient (Wildman–Crippen LogP) is 4.49. The first kappa shape index (κ1) is 15.7. The van der Waals surface area contributed by atoms with E-state index < -0.39 is 12.5 Å². The summed E-state index contributed by atoms with van der Waals surface area (Å²) in [5.74, 6) is -1.57. The second-order valence-electron chi connectivity index (χ2n) is 6.80. The number of rotatable bonds is 4. The lowest BCUT2D eigenvalue weighted by atomic mass is 9.78. The molecule has 1 N–H and O–H groups in total. The van der Waals surface area contributed by atoms with Crippen molar-refractivity contribution in [3.63, 3.8) is 0 Å². The molecule has 1 atom stereocenters. The summed E-state index contributed by atoms with van der Waals surface area (Å²) < 4.78 is 31.2. The Morgan fingerprint density at radius 1 is 1.23 bits per heavy atom. The van der Waals surface area contributed by atoms with E-state index in [1.165, 1.54) is 43.2 Å². The Hall–Kier alpha value is -1.16. The predicted molar refractivity (Wildman–Crippen MR) is 83.6 cm³/mol. The number of hydrogen-bond acceptors (Lipinski definition) is 2. The van der Waals surface area contributed by atoms with Gasteiger partial charge in [0.15, 0.2) is 6.61 Å². The molecule has 2 nitrogen and oxygen atoms in total. The molecule has 0 aromatic heterocycles. The zero-order chi connectivity index (χ0) is 15.6. The van der Waals surface area contributed by atoms with E-state index >= 15 is 0 Å². The van der Waals surface area contributed by atoms with Gasteiger partial charge in [0.25, 0.3) is 5.92 Å². The SMILES string of the molecule is CC(F)(F)COc1ccc2c(c1)C(C1CCCCC1)NCC2. The van der Waals surface area contributed by atoms with Crippen LogP contribution in [0.5, 0.6) is 5.75 Å². The molecule has 1 aliphatic heterocycles. The van der Waals surface area contributed by atoms with E-state index in [1.54, 1.807) is 0 Å². The van der Waals surface area contributed by atoms with E-state index in [0.717, 1.165) is 19.9 Å². The van der Waals surface area contributed by atoms with Gasteiger partial charge in [-0.3, -0.25) is 0 Å². The van der Waals surface area contributed by atoms with Crippen LogP contribution >= 0.6 is 0 Å². The molecule has 3 rings (SSSR count). The van der Waals surface area contributed by atoms with E-state index in [2.05, 4.69) is 11.4 Å². The molecule has 22 heavy (non-hydrogen) atoms. The van der Waals surface area contributed by atoms with E-state index in [4.69, 9.17) is 4.74 Å². The summed E-state index contributed by atoms with van der Waals surface area (Å²) in [5, 5.41) is 3.64. The normalized spacial score (nSPS) is 23.1. The molecular formula is C18H25F2NO. The first-order valence-corrected chi connectivity index (χ1v) is 8.40. The van der Waals surface area contributed by atoms with Crippen molar-refractivity contribution in [2.75, 3.05) is 13.2 Å². The zero-order valence-corrected chi connectivity index (χ0v) is 13.2. The van der Waals surface area contributed by atoms with Gasteiger partial charge in [-0.05, 0) is 55.0 Å². The van der Waals surface area contributed by atoms with Crippen molar-refractivity contribution in [3.05, 3.63) is 29.3 Å². The fourth-order valence-electron chi connectivity index (χ4n) is 3.75. The smallest absolute Gasteiger partial charge is 0.278 e. The van der Waals surface area contributed by atoms with Crippen molar-refractivity contribution in [2.24, 2.45) is 5.92 Å². The van der Waals surface area contributed by atoms with E-state index in [-0.39, 0.29) is 0 Å². The van der Waals surface area contributed by atoms with Gasteiger partial charge in [0.1, 0.15) is 5.75 Å². The second-order valence-corrected chi connectivity index (χ2v) is 6.80. The summed E-state index contributed by atoms with van der Waals surface area (Å²) in [6.45, 7) is 1.33. The summed E-state index contributed by atoms with van der Waals surface area (Å²) in [4.78, 5) is 0. The lowest BCUT2D eigenvalue weighted by Gasteiger charge is -2.35. The summed E-state index contributed by atoms with van der Waals surface area (Å²) in [6.07, 6.45) is 7.46. The Kier molecular flexibility index (Phi) is 4.67. The number of hydrogen-bond donors (Lipinski definition) is 1. The molecule has 2 aliphatic rings. The monoisotopic (exact) mass is 309 g/mol. The van der Waals surface area contributed by atoms with E-state index in [1.807, 2.05) is 12.1 Å². The van der Waals surface area contributed by atoms with Gasteiger partial charge < -0.3 is 10.1 Å². The van der Waals surface area contributed by atoms with Crippen LogP contribution in [0.2, 0.25) is 0 Å². The van der Waals surface area contributed by atoms with Gasteiger partial charge in [-0.15, -0.1) is 0 Å².